The molecule has 2 aromatic heterocycles. The Kier molecular flexibility index (Phi) is 9.03. The number of aliphatic hydroxyl groups excluding tert-OH is 1. The van der Waals surface area contributed by atoms with E-state index >= 15 is 0 Å². The third kappa shape index (κ3) is 6.79. The molecule has 5 nitrogen and oxygen atoms in total. The first-order chi connectivity index (χ1) is 9.02. The smallest absolute Gasteiger partial charge is 0.337 e. The molecular formula is C12H10BBr2N2O3. The second-order valence-electron chi connectivity index (χ2n) is 3.37. The van der Waals surface area contributed by atoms with Gasteiger partial charge >= 0.3 is 5.97 Å². The summed E-state index contributed by atoms with van der Waals surface area (Å²) in [7, 11) is 0. The van der Waals surface area contributed by atoms with Crippen molar-refractivity contribution in [3.8, 4) is 0 Å². The highest BCUT2D eigenvalue weighted by atomic mass is 79.9. The van der Waals surface area contributed by atoms with Crippen molar-refractivity contribution in [3.05, 3.63) is 57.0 Å². The van der Waals surface area contributed by atoms with Gasteiger partial charge in [-0.3, -0.25) is 9.97 Å². The number of carboxylic acids is 1. The van der Waals surface area contributed by atoms with Gasteiger partial charge in [0.1, 0.15) is 0 Å². The maximum absolute atomic E-state index is 10.3. The standard InChI is InChI=1S/C6H4BrNO2.C6H6BrNO.B/c7-5-1-4(6(9)10)2-8-3-5;7-6-1-5(4-9)2-8-3-6;/h1-3H,(H,9,10);1-3,9H,4H2;. The van der Waals surface area contributed by atoms with Crippen LogP contribution in [0.2, 0.25) is 0 Å². The molecule has 2 N–H and O–H groups in total. The molecule has 20 heavy (non-hydrogen) atoms. The maximum Gasteiger partial charge on any atom is 0.337 e. The third-order valence-corrected chi connectivity index (χ3v) is 2.76. The fourth-order valence-electron chi connectivity index (χ4n) is 1.07. The molecule has 3 radical (unpaired) electrons. The Bertz CT molecular complexity index is 570. The van der Waals surface area contributed by atoms with E-state index in [-0.39, 0.29) is 20.6 Å². The van der Waals surface area contributed by atoms with Crippen LogP contribution in [0.3, 0.4) is 0 Å². The van der Waals surface area contributed by atoms with E-state index in [9.17, 15) is 4.79 Å². The Morgan fingerprint density at radius 1 is 1.05 bits per heavy atom. The third-order valence-electron chi connectivity index (χ3n) is 1.90. The summed E-state index contributed by atoms with van der Waals surface area (Å²) >= 11 is 6.33. The highest BCUT2D eigenvalue weighted by molar-refractivity contribution is 9.10. The molecule has 0 fully saturated rings. The van der Waals surface area contributed by atoms with Crippen LogP contribution in [0.1, 0.15) is 15.9 Å². The lowest BCUT2D eigenvalue weighted by Crippen LogP contribution is -1.95. The van der Waals surface area contributed by atoms with Crippen LogP contribution in [0, 0.1) is 0 Å². The Morgan fingerprint density at radius 3 is 1.95 bits per heavy atom. The SMILES string of the molecule is O=C(O)c1cncc(Br)c1.OCc1cncc(Br)c1.[B]. The van der Waals surface area contributed by atoms with E-state index < -0.39 is 5.97 Å². The predicted molar refractivity (Wildman–Crippen MR) is 82.5 cm³/mol. The topological polar surface area (TPSA) is 83.3 Å². The number of carboxylic acid groups (broad SMARTS) is 1. The Labute approximate surface area is 134 Å². The van der Waals surface area contributed by atoms with Crippen LogP contribution in [0.5, 0.6) is 0 Å². The molecule has 0 atom stereocenters. The van der Waals surface area contributed by atoms with Crippen molar-refractivity contribution in [2.45, 2.75) is 6.61 Å². The van der Waals surface area contributed by atoms with E-state index in [1.165, 1.54) is 18.5 Å². The number of nitrogens with zero attached hydrogens (tertiary/aromatic N) is 2. The number of carbonyl (C=O) groups is 1. The van der Waals surface area contributed by atoms with E-state index in [0.717, 1.165) is 10.0 Å². The molecule has 0 bridgehead atoms. The second-order valence-corrected chi connectivity index (χ2v) is 5.20. The van der Waals surface area contributed by atoms with Gasteiger partial charge in [-0.05, 0) is 49.6 Å². The fourth-order valence-corrected chi connectivity index (χ4v) is 1.85. The molecule has 0 aliphatic carbocycles. The van der Waals surface area contributed by atoms with Gasteiger partial charge in [0.05, 0.1) is 12.2 Å². The quantitative estimate of drug-likeness (QED) is 0.757. The average Bonchev–Trinajstić information content (AvgIpc) is 2.39. The molecule has 2 aromatic rings. The average molecular weight is 401 g/mol. The van der Waals surface area contributed by atoms with Crippen molar-refractivity contribution in [2.24, 2.45) is 0 Å². The van der Waals surface area contributed by atoms with Gasteiger partial charge in [0, 0.05) is 42.1 Å². The minimum absolute atomic E-state index is 0. The number of halogens is 2. The molecule has 0 aliphatic rings. The summed E-state index contributed by atoms with van der Waals surface area (Å²) < 4.78 is 1.57. The Morgan fingerprint density at radius 2 is 1.60 bits per heavy atom. The summed E-state index contributed by atoms with van der Waals surface area (Å²) in [6.45, 7) is 0.0481. The Balaban J connectivity index is 0.000000345. The molecule has 0 saturated heterocycles. The molecule has 0 unspecified atom stereocenters. The van der Waals surface area contributed by atoms with E-state index in [1.54, 1.807) is 12.4 Å². The minimum Gasteiger partial charge on any atom is -0.478 e. The van der Waals surface area contributed by atoms with Crippen molar-refractivity contribution in [1.82, 2.24) is 9.97 Å². The molecule has 103 valence electrons. The zero-order valence-electron chi connectivity index (χ0n) is 10.2. The number of pyridine rings is 2. The van der Waals surface area contributed by atoms with E-state index in [1.807, 2.05) is 6.07 Å². The number of hydrogen-bond donors (Lipinski definition) is 2. The molecular weight excluding hydrogens is 391 g/mol. The minimum atomic E-state index is -0.964. The number of aromatic carboxylic acids is 1. The summed E-state index contributed by atoms with van der Waals surface area (Å²) in [6.07, 6.45) is 6.14. The first-order valence-electron chi connectivity index (χ1n) is 5.07. The molecule has 0 amide bonds. The highest BCUT2D eigenvalue weighted by Crippen LogP contribution is 2.09. The lowest BCUT2D eigenvalue weighted by Gasteiger charge is -1.92. The second kappa shape index (κ2) is 9.63. The van der Waals surface area contributed by atoms with Gasteiger partial charge in [-0.2, -0.15) is 0 Å². The van der Waals surface area contributed by atoms with Crippen molar-refractivity contribution in [2.75, 3.05) is 0 Å². The first kappa shape index (κ1) is 18.8. The molecule has 8 heteroatoms. The largest absolute Gasteiger partial charge is 0.478 e. The molecule has 2 heterocycles. The maximum atomic E-state index is 10.3. The van der Waals surface area contributed by atoms with Crippen molar-refractivity contribution in [3.63, 3.8) is 0 Å². The number of hydrogen-bond acceptors (Lipinski definition) is 4. The van der Waals surface area contributed by atoms with Crippen LogP contribution in [0.25, 0.3) is 0 Å². The molecule has 0 aliphatic heterocycles. The monoisotopic (exact) mass is 399 g/mol. The number of aliphatic hydroxyl groups is 1. The zero-order valence-corrected chi connectivity index (χ0v) is 13.4. The summed E-state index contributed by atoms with van der Waals surface area (Å²) in [4.78, 5) is 17.8. The fraction of sp³-hybridized carbons (Fsp3) is 0.0833. The Hall–Kier alpha value is -1.25. The predicted octanol–water partition coefficient (Wildman–Crippen LogP) is 2.50. The normalized spacial score (nSPS) is 8.95. The van der Waals surface area contributed by atoms with Crippen molar-refractivity contribution >= 4 is 46.2 Å². The van der Waals surface area contributed by atoms with Crippen LogP contribution in [-0.4, -0.2) is 34.6 Å². The molecule has 0 saturated carbocycles. The number of aromatic nitrogens is 2. The van der Waals surface area contributed by atoms with Gasteiger partial charge in [-0.25, -0.2) is 4.79 Å². The van der Waals surface area contributed by atoms with E-state index in [0.29, 0.717) is 4.47 Å². The van der Waals surface area contributed by atoms with Crippen LogP contribution in [0.15, 0.2) is 45.9 Å². The van der Waals surface area contributed by atoms with Gasteiger partial charge in [0.25, 0.3) is 0 Å². The summed E-state index contributed by atoms with van der Waals surface area (Å²) in [5.41, 5.74) is 1.01. The van der Waals surface area contributed by atoms with E-state index in [4.69, 9.17) is 10.2 Å². The highest BCUT2D eigenvalue weighted by Gasteiger charge is 2.01. The number of rotatable bonds is 2. The first-order valence-corrected chi connectivity index (χ1v) is 6.65. The van der Waals surface area contributed by atoms with Crippen molar-refractivity contribution in [1.29, 1.82) is 0 Å². The van der Waals surface area contributed by atoms with Gasteiger partial charge in [0.15, 0.2) is 0 Å². The van der Waals surface area contributed by atoms with E-state index in [2.05, 4.69) is 41.8 Å². The van der Waals surface area contributed by atoms with Gasteiger partial charge < -0.3 is 10.2 Å². The molecule has 2 rings (SSSR count). The van der Waals surface area contributed by atoms with Crippen LogP contribution >= 0.6 is 31.9 Å². The van der Waals surface area contributed by atoms with Crippen LogP contribution in [-0.2, 0) is 6.61 Å². The molecule has 0 spiro atoms. The summed E-state index contributed by atoms with van der Waals surface area (Å²) in [6, 6.07) is 3.32. The van der Waals surface area contributed by atoms with Gasteiger partial charge in [-0.1, -0.05) is 0 Å². The van der Waals surface area contributed by atoms with Gasteiger partial charge in [0.2, 0.25) is 0 Å². The summed E-state index contributed by atoms with van der Waals surface area (Å²) in [5, 5.41) is 17.0. The van der Waals surface area contributed by atoms with Crippen LogP contribution in [0.4, 0.5) is 0 Å². The van der Waals surface area contributed by atoms with Crippen LogP contribution < -0.4 is 0 Å². The van der Waals surface area contributed by atoms with Gasteiger partial charge in [-0.15, -0.1) is 0 Å². The molecule has 0 aromatic carbocycles. The lowest BCUT2D eigenvalue weighted by molar-refractivity contribution is 0.0696. The lowest BCUT2D eigenvalue weighted by atomic mass is 10.3. The zero-order chi connectivity index (χ0) is 14.3. The summed E-state index contributed by atoms with van der Waals surface area (Å²) in [5.74, 6) is -0.964. The van der Waals surface area contributed by atoms with Crippen molar-refractivity contribution < 1.29 is 15.0 Å².